The lowest BCUT2D eigenvalue weighted by molar-refractivity contribution is -0.117. The van der Waals surface area contributed by atoms with Crippen LogP contribution in [0.1, 0.15) is 57.8 Å². The van der Waals surface area contributed by atoms with Crippen molar-refractivity contribution in [2.45, 2.75) is 69.9 Å². The van der Waals surface area contributed by atoms with Gasteiger partial charge in [0.05, 0.1) is 6.10 Å². The van der Waals surface area contributed by atoms with E-state index >= 15 is 0 Å². The van der Waals surface area contributed by atoms with Crippen molar-refractivity contribution in [2.75, 3.05) is 5.32 Å². The van der Waals surface area contributed by atoms with E-state index in [2.05, 4.69) is 5.32 Å². The van der Waals surface area contributed by atoms with Crippen LogP contribution in [0.15, 0.2) is 24.3 Å². The van der Waals surface area contributed by atoms with Crippen molar-refractivity contribution in [3.8, 4) is 5.75 Å². The van der Waals surface area contributed by atoms with Crippen LogP contribution in [0.25, 0.3) is 0 Å². The summed E-state index contributed by atoms with van der Waals surface area (Å²) in [5.74, 6) is 1.29. The van der Waals surface area contributed by atoms with Gasteiger partial charge in [-0.1, -0.05) is 12.8 Å². The fraction of sp³-hybridized carbons (Fsp3) is 0.632. The molecule has 0 spiro atoms. The van der Waals surface area contributed by atoms with Gasteiger partial charge in [-0.3, -0.25) is 4.79 Å². The number of rotatable bonds is 5. The number of nitrogens with two attached hydrogens (primary N) is 1. The number of halogens is 1. The second-order valence-electron chi connectivity index (χ2n) is 7.01. The van der Waals surface area contributed by atoms with Gasteiger partial charge in [0.2, 0.25) is 5.91 Å². The molecule has 5 heteroatoms. The van der Waals surface area contributed by atoms with Crippen LogP contribution < -0.4 is 15.8 Å². The number of carbonyl (C=O) groups is 1. The van der Waals surface area contributed by atoms with Gasteiger partial charge in [-0.15, -0.1) is 12.4 Å². The van der Waals surface area contributed by atoms with Gasteiger partial charge in [0.15, 0.2) is 0 Å². The van der Waals surface area contributed by atoms with Gasteiger partial charge >= 0.3 is 0 Å². The number of carbonyl (C=O) groups excluding carboxylic acids is 1. The summed E-state index contributed by atoms with van der Waals surface area (Å²) in [7, 11) is 0. The van der Waals surface area contributed by atoms with E-state index < -0.39 is 0 Å². The lowest BCUT2D eigenvalue weighted by atomic mass is 9.83. The Morgan fingerprint density at radius 1 is 1.04 bits per heavy atom. The predicted octanol–water partition coefficient (Wildman–Crippen LogP) is 4.28. The van der Waals surface area contributed by atoms with Gasteiger partial charge in [-0.2, -0.15) is 0 Å². The third-order valence-corrected chi connectivity index (χ3v) is 5.16. The van der Waals surface area contributed by atoms with Crippen molar-refractivity contribution in [2.24, 2.45) is 11.7 Å². The lowest BCUT2D eigenvalue weighted by Gasteiger charge is -2.27. The monoisotopic (exact) mass is 352 g/mol. The minimum atomic E-state index is 0. The number of amides is 1. The highest BCUT2D eigenvalue weighted by Gasteiger charge is 2.24. The second kappa shape index (κ2) is 9.28. The summed E-state index contributed by atoms with van der Waals surface area (Å²) in [6.07, 6.45) is 10.2. The molecule has 2 unspecified atom stereocenters. The Morgan fingerprint density at radius 2 is 1.67 bits per heavy atom. The van der Waals surface area contributed by atoms with Gasteiger partial charge in [-0.25, -0.2) is 0 Å². The first-order valence-corrected chi connectivity index (χ1v) is 9.03. The minimum Gasteiger partial charge on any atom is -0.490 e. The molecule has 0 aromatic heterocycles. The Labute approximate surface area is 150 Å². The molecule has 1 aromatic carbocycles. The van der Waals surface area contributed by atoms with Crippen LogP contribution >= 0.6 is 12.4 Å². The molecule has 0 heterocycles. The molecule has 2 aliphatic carbocycles. The number of nitrogens with one attached hydrogen (secondary N) is 1. The minimum absolute atomic E-state index is 0. The number of ether oxygens (including phenoxy) is 1. The quantitative estimate of drug-likeness (QED) is 0.831. The van der Waals surface area contributed by atoms with Gasteiger partial charge < -0.3 is 15.8 Å². The summed E-state index contributed by atoms with van der Waals surface area (Å²) >= 11 is 0. The maximum Gasteiger partial charge on any atom is 0.224 e. The number of hydrogen-bond donors (Lipinski definition) is 2. The fourth-order valence-corrected chi connectivity index (χ4v) is 3.76. The molecule has 2 aliphatic rings. The molecule has 3 N–H and O–H groups in total. The molecule has 2 atom stereocenters. The van der Waals surface area contributed by atoms with Crippen molar-refractivity contribution < 1.29 is 9.53 Å². The van der Waals surface area contributed by atoms with Crippen LogP contribution in [0.3, 0.4) is 0 Å². The van der Waals surface area contributed by atoms with E-state index in [9.17, 15) is 4.79 Å². The highest BCUT2D eigenvalue weighted by molar-refractivity contribution is 5.90. The van der Waals surface area contributed by atoms with Crippen LogP contribution in [-0.2, 0) is 4.79 Å². The Hall–Kier alpha value is -1.26. The number of hydrogen-bond acceptors (Lipinski definition) is 3. The highest BCUT2D eigenvalue weighted by Crippen LogP contribution is 2.27. The van der Waals surface area contributed by atoms with Crippen LogP contribution in [0.5, 0.6) is 5.75 Å². The molecule has 2 saturated carbocycles. The molecule has 0 bridgehead atoms. The summed E-state index contributed by atoms with van der Waals surface area (Å²) in [6, 6.07) is 7.91. The third kappa shape index (κ3) is 5.38. The average molecular weight is 353 g/mol. The summed E-state index contributed by atoms with van der Waals surface area (Å²) in [5, 5.41) is 2.98. The molecule has 1 amide bonds. The molecule has 2 fully saturated rings. The van der Waals surface area contributed by atoms with Crippen molar-refractivity contribution in [3.05, 3.63) is 24.3 Å². The zero-order chi connectivity index (χ0) is 16.1. The zero-order valence-electron chi connectivity index (χ0n) is 14.2. The van der Waals surface area contributed by atoms with Gasteiger partial charge in [0.1, 0.15) is 5.75 Å². The van der Waals surface area contributed by atoms with Crippen LogP contribution in [0.2, 0.25) is 0 Å². The molecular formula is C19H29ClN2O2. The first-order chi connectivity index (χ1) is 11.2. The molecule has 1 aromatic rings. The summed E-state index contributed by atoms with van der Waals surface area (Å²) in [5.41, 5.74) is 6.95. The molecule has 24 heavy (non-hydrogen) atoms. The second-order valence-corrected chi connectivity index (χ2v) is 7.01. The smallest absolute Gasteiger partial charge is 0.224 e. The molecule has 0 saturated heterocycles. The fourth-order valence-electron chi connectivity index (χ4n) is 3.76. The average Bonchev–Trinajstić information content (AvgIpc) is 3.04. The van der Waals surface area contributed by atoms with Crippen LogP contribution in [-0.4, -0.2) is 18.1 Å². The summed E-state index contributed by atoms with van der Waals surface area (Å²) < 4.78 is 5.94. The van der Waals surface area contributed by atoms with Gasteiger partial charge in [0, 0.05) is 18.2 Å². The van der Waals surface area contributed by atoms with Crippen LogP contribution in [0.4, 0.5) is 5.69 Å². The highest BCUT2D eigenvalue weighted by atomic mass is 35.5. The first-order valence-electron chi connectivity index (χ1n) is 9.03. The Balaban J connectivity index is 0.00000208. The van der Waals surface area contributed by atoms with E-state index in [1.165, 1.54) is 25.7 Å². The predicted molar refractivity (Wildman–Crippen MR) is 99.8 cm³/mol. The Bertz CT molecular complexity index is 515. The molecule has 0 aliphatic heterocycles. The SMILES string of the molecule is Cl.NC1CCCCC1CC(=O)Nc1ccc(OC2CCCC2)cc1. The van der Waals surface area contributed by atoms with Crippen molar-refractivity contribution in [3.63, 3.8) is 0 Å². The van der Waals surface area contributed by atoms with Crippen molar-refractivity contribution >= 4 is 24.0 Å². The number of anilines is 1. The van der Waals surface area contributed by atoms with Crippen molar-refractivity contribution in [1.29, 1.82) is 0 Å². The molecule has 134 valence electrons. The van der Waals surface area contributed by atoms with E-state index in [0.717, 1.165) is 37.1 Å². The Kier molecular flexibility index (Phi) is 7.38. The largest absolute Gasteiger partial charge is 0.490 e. The van der Waals surface area contributed by atoms with Gasteiger partial charge in [-0.05, 0) is 68.7 Å². The van der Waals surface area contributed by atoms with E-state index in [1.807, 2.05) is 24.3 Å². The number of benzene rings is 1. The van der Waals surface area contributed by atoms with E-state index in [4.69, 9.17) is 10.5 Å². The topological polar surface area (TPSA) is 64.4 Å². The molecular weight excluding hydrogens is 324 g/mol. The maximum absolute atomic E-state index is 12.2. The Morgan fingerprint density at radius 3 is 2.33 bits per heavy atom. The molecule has 3 rings (SSSR count). The molecule has 4 nitrogen and oxygen atoms in total. The van der Waals surface area contributed by atoms with Crippen LogP contribution in [0, 0.1) is 5.92 Å². The maximum atomic E-state index is 12.2. The molecule has 0 radical (unpaired) electrons. The summed E-state index contributed by atoms with van der Waals surface area (Å²) in [4.78, 5) is 12.2. The van der Waals surface area contributed by atoms with Gasteiger partial charge in [0.25, 0.3) is 0 Å². The standard InChI is InChI=1S/C19H28N2O2.ClH/c20-18-8-4-1-5-14(18)13-19(22)21-15-9-11-17(12-10-15)23-16-6-2-3-7-16;/h9-12,14,16,18H,1-8,13,20H2,(H,21,22);1H. The normalized spacial score (nSPS) is 24.2. The van der Waals surface area contributed by atoms with E-state index in [-0.39, 0.29) is 24.4 Å². The lowest BCUT2D eigenvalue weighted by Crippen LogP contribution is -2.35. The summed E-state index contributed by atoms with van der Waals surface area (Å²) in [6.45, 7) is 0. The zero-order valence-corrected chi connectivity index (χ0v) is 15.0. The van der Waals surface area contributed by atoms with E-state index in [1.54, 1.807) is 0 Å². The third-order valence-electron chi connectivity index (χ3n) is 5.16. The van der Waals surface area contributed by atoms with Crippen molar-refractivity contribution in [1.82, 2.24) is 0 Å². The van der Waals surface area contributed by atoms with E-state index in [0.29, 0.717) is 18.4 Å². The first kappa shape index (κ1) is 19.1.